The van der Waals surface area contributed by atoms with Gasteiger partial charge >= 0.3 is 0 Å². The Bertz CT molecular complexity index is 471. The molecular formula is C10H8N2O3. The molecule has 1 aromatic rings. The zero-order valence-electron chi connectivity index (χ0n) is 7.65. The highest BCUT2D eigenvalue weighted by molar-refractivity contribution is 6.34. The fourth-order valence-electron chi connectivity index (χ4n) is 1.45. The highest BCUT2D eigenvalue weighted by atomic mass is 16.3. The van der Waals surface area contributed by atoms with Crippen LogP contribution in [0.15, 0.2) is 24.3 Å². The Morgan fingerprint density at radius 3 is 2.53 bits per heavy atom. The number of phenols is 1. The van der Waals surface area contributed by atoms with Gasteiger partial charge in [0.25, 0.3) is 11.8 Å². The predicted molar refractivity (Wildman–Crippen MR) is 53.6 cm³/mol. The molecule has 0 aromatic heterocycles. The van der Waals surface area contributed by atoms with Crippen molar-refractivity contribution in [3.05, 3.63) is 29.8 Å². The average Bonchev–Trinajstić information content (AvgIpc) is 2.45. The summed E-state index contributed by atoms with van der Waals surface area (Å²) in [5, 5.41) is 11.6. The Morgan fingerprint density at radius 2 is 2.00 bits per heavy atom. The molecule has 1 heterocycles. The van der Waals surface area contributed by atoms with Gasteiger partial charge in [0, 0.05) is 11.8 Å². The Morgan fingerprint density at radius 1 is 1.27 bits per heavy atom. The summed E-state index contributed by atoms with van der Waals surface area (Å²) in [5.74, 6) is -1.17. The molecule has 2 amide bonds. The molecule has 0 unspecified atom stereocenters. The lowest BCUT2D eigenvalue weighted by Crippen LogP contribution is -2.22. The largest absolute Gasteiger partial charge is 0.507 e. The molecular weight excluding hydrogens is 196 g/mol. The van der Waals surface area contributed by atoms with Gasteiger partial charge in [-0.15, -0.1) is 0 Å². The van der Waals surface area contributed by atoms with Gasteiger partial charge < -0.3 is 10.8 Å². The van der Waals surface area contributed by atoms with E-state index in [0.29, 0.717) is 0 Å². The van der Waals surface area contributed by atoms with Gasteiger partial charge in [-0.3, -0.25) is 14.9 Å². The van der Waals surface area contributed by atoms with Crippen LogP contribution in [0.2, 0.25) is 0 Å². The molecule has 1 aromatic carbocycles. The molecule has 0 fully saturated rings. The molecule has 2 rings (SSSR count). The number of nitrogens with one attached hydrogen (secondary N) is 1. The number of benzene rings is 1. The van der Waals surface area contributed by atoms with Crippen LogP contribution in [-0.2, 0) is 9.59 Å². The zero-order valence-corrected chi connectivity index (χ0v) is 7.65. The first-order valence-corrected chi connectivity index (χ1v) is 4.24. The standard InChI is InChI=1S/C10H8N2O3/c11-6-2-1-3-7(13)9(6)5-4-8(14)12-10(5)15/h1-4,13H,11H2,(H,12,14,15). The molecule has 0 aliphatic carbocycles. The SMILES string of the molecule is Nc1cccc(O)c1C1=CC(=O)NC1=O. The summed E-state index contributed by atoms with van der Waals surface area (Å²) < 4.78 is 0. The van der Waals surface area contributed by atoms with E-state index in [2.05, 4.69) is 5.32 Å². The number of anilines is 1. The van der Waals surface area contributed by atoms with Gasteiger partial charge in [-0.2, -0.15) is 0 Å². The number of carbonyl (C=O) groups is 2. The fourth-order valence-corrected chi connectivity index (χ4v) is 1.45. The van der Waals surface area contributed by atoms with E-state index in [0.717, 1.165) is 6.08 Å². The molecule has 5 heteroatoms. The lowest BCUT2D eigenvalue weighted by Gasteiger charge is -2.06. The Hall–Kier alpha value is -2.30. The molecule has 4 N–H and O–H groups in total. The quantitative estimate of drug-likeness (QED) is 0.444. The third kappa shape index (κ3) is 1.43. The summed E-state index contributed by atoms with van der Waals surface area (Å²) in [6.45, 7) is 0. The van der Waals surface area contributed by atoms with Crippen molar-refractivity contribution in [2.75, 3.05) is 5.73 Å². The molecule has 0 spiro atoms. The predicted octanol–water partition coefficient (Wildman–Crippen LogP) is 0.0142. The Labute approximate surface area is 85.2 Å². The number of carbonyl (C=O) groups excluding carboxylic acids is 2. The minimum atomic E-state index is -0.548. The number of hydrogen-bond acceptors (Lipinski definition) is 4. The number of phenolic OH excluding ortho intramolecular Hbond substituents is 1. The topological polar surface area (TPSA) is 92.4 Å². The van der Waals surface area contributed by atoms with E-state index in [-0.39, 0.29) is 22.6 Å². The highest BCUT2D eigenvalue weighted by Gasteiger charge is 2.25. The minimum absolute atomic E-state index is 0.0931. The van der Waals surface area contributed by atoms with Crippen molar-refractivity contribution >= 4 is 23.1 Å². The number of aromatic hydroxyl groups is 1. The first-order valence-electron chi connectivity index (χ1n) is 4.24. The molecule has 0 saturated carbocycles. The average molecular weight is 204 g/mol. The molecule has 0 atom stereocenters. The van der Waals surface area contributed by atoms with Gasteiger partial charge in [0.1, 0.15) is 5.75 Å². The van der Waals surface area contributed by atoms with E-state index in [4.69, 9.17) is 5.73 Å². The van der Waals surface area contributed by atoms with E-state index < -0.39 is 11.8 Å². The van der Waals surface area contributed by atoms with Gasteiger partial charge in [-0.05, 0) is 12.1 Å². The van der Waals surface area contributed by atoms with Gasteiger partial charge in [0.2, 0.25) is 0 Å². The Kier molecular flexibility index (Phi) is 1.93. The van der Waals surface area contributed by atoms with Crippen LogP contribution in [0.25, 0.3) is 5.57 Å². The number of nitrogen functional groups attached to an aromatic ring is 1. The van der Waals surface area contributed by atoms with Crippen LogP contribution in [0.1, 0.15) is 5.56 Å². The van der Waals surface area contributed by atoms with Gasteiger partial charge in [-0.25, -0.2) is 0 Å². The van der Waals surface area contributed by atoms with E-state index >= 15 is 0 Å². The number of amides is 2. The normalized spacial score (nSPS) is 15.1. The lowest BCUT2D eigenvalue weighted by atomic mass is 10.0. The van der Waals surface area contributed by atoms with Gasteiger partial charge in [0.15, 0.2) is 0 Å². The lowest BCUT2D eigenvalue weighted by molar-refractivity contribution is -0.123. The first-order chi connectivity index (χ1) is 7.09. The van der Waals surface area contributed by atoms with E-state index in [1.54, 1.807) is 12.1 Å². The van der Waals surface area contributed by atoms with Crippen molar-refractivity contribution in [3.63, 3.8) is 0 Å². The van der Waals surface area contributed by atoms with Crippen molar-refractivity contribution in [2.24, 2.45) is 0 Å². The monoisotopic (exact) mass is 204 g/mol. The van der Waals surface area contributed by atoms with Crippen LogP contribution < -0.4 is 11.1 Å². The van der Waals surface area contributed by atoms with Crippen molar-refractivity contribution in [1.29, 1.82) is 0 Å². The maximum Gasteiger partial charge on any atom is 0.259 e. The van der Waals surface area contributed by atoms with Gasteiger partial charge in [-0.1, -0.05) is 6.07 Å². The smallest absolute Gasteiger partial charge is 0.259 e. The molecule has 0 bridgehead atoms. The number of imide groups is 1. The molecule has 15 heavy (non-hydrogen) atoms. The molecule has 1 aliphatic rings. The maximum atomic E-state index is 11.3. The molecule has 0 saturated heterocycles. The zero-order chi connectivity index (χ0) is 11.0. The van der Waals surface area contributed by atoms with E-state index in [1.165, 1.54) is 6.07 Å². The second kappa shape index (κ2) is 3.13. The summed E-state index contributed by atoms with van der Waals surface area (Å²) in [5.41, 5.74) is 6.16. The third-order valence-electron chi connectivity index (χ3n) is 2.10. The highest BCUT2D eigenvalue weighted by Crippen LogP contribution is 2.31. The fraction of sp³-hybridized carbons (Fsp3) is 0. The van der Waals surface area contributed by atoms with Crippen LogP contribution in [0.3, 0.4) is 0 Å². The number of nitrogens with two attached hydrogens (primary N) is 1. The Balaban J connectivity index is 2.60. The summed E-state index contributed by atoms with van der Waals surface area (Å²) in [6.07, 6.45) is 1.12. The first kappa shape index (κ1) is 9.26. The second-order valence-corrected chi connectivity index (χ2v) is 3.12. The third-order valence-corrected chi connectivity index (χ3v) is 2.10. The van der Waals surface area contributed by atoms with Crippen molar-refractivity contribution in [1.82, 2.24) is 5.32 Å². The van der Waals surface area contributed by atoms with E-state index in [9.17, 15) is 14.7 Å². The molecule has 5 nitrogen and oxygen atoms in total. The number of hydrogen-bond donors (Lipinski definition) is 3. The van der Waals surface area contributed by atoms with Crippen molar-refractivity contribution in [3.8, 4) is 5.75 Å². The van der Waals surface area contributed by atoms with Crippen LogP contribution in [0.5, 0.6) is 5.75 Å². The van der Waals surface area contributed by atoms with Crippen molar-refractivity contribution < 1.29 is 14.7 Å². The summed E-state index contributed by atoms with van der Waals surface area (Å²) >= 11 is 0. The summed E-state index contributed by atoms with van der Waals surface area (Å²) in [6, 6.07) is 4.51. The maximum absolute atomic E-state index is 11.3. The van der Waals surface area contributed by atoms with Gasteiger partial charge in [0.05, 0.1) is 11.1 Å². The van der Waals surface area contributed by atoms with Crippen LogP contribution in [0.4, 0.5) is 5.69 Å². The second-order valence-electron chi connectivity index (χ2n) is 3.12. The molecule has 76 valence electrons. The van der Waals surface area contributed by atoms with Crippen LogP contribution >= 0.6 is 0 Å². The minimum Gasteiger partial charge on any atom is -0.507 e. The van der Waals surface area contributed by atoms with E-state index in [1.807, 2.05) is 0 Å². The van der Waals surface area contributed by atoms with Crippen molar-refractivity contribution in [2.45, 2.75) is 0 Å². The van der Waals surface area contributed by atoms with Crippen LogP contribution in [-0.4, -0.2) is 16.9 Å². The molecule has 0 radical (unpaired) electrons. The summed E-state index contributed by atoms with van der Waals surface area (Å²) in [7, 11) is 0. The molecule has 1 aliphatic heterocycles. The number of rotatable bonds is 1. The summed E-state index contributed by atoms with van der Waals surface area (Å²) in [4.78, 5) is 22.3. The van der Waals surface area contributed by atoms with Crippen LogP contribution in [0, 0.1) is 0 Å².